The molecule has 8 nitrogen and oxygen atoms in total. The van der Waals surface area contributed by atoms with Crippen molar-refractivity contribution in [1.29, 1.82) is 0 Å². The Balaban J connectivity index is 1.65. The number of sulfonamides is 1. The number of benzene rings is 3. The third kappa shape index (κ3) is 5.21. The second-order valence-corrected chi connectivity index (χ2v) is 10.5. The van der Waals surface area contributed by atoms with Gasteiger partial charge in [-0.25, -0.2) is 13.2 Å². The van der Waals surface area contributed by atoms with E-state index in [9.17, 15) is 23.1 Å². The van der Waals surface area contributed by atoms with Crippen LogP contribution in [0.5, 0.6) is 11.5 Å². The van der Waals surface area contributed by atoms with E-state index in [1.807, 2.05) is 20.8 Å². The molecule has 0 aliphatic heterocycles. The normalized spacial score (nSPS) is 12.8. The van der Waals surface area contributed by atoms with Crippen molar-refractivity contribution in [2.24, 2.45) is 5.92 Å². The quantitative estimate of drug-likeness (QED) is 0.223. The predicted octanol–water partition coefficient (Wildman–Crippen LogP) is 4.26. The fraction of sp³-hybridized carbons (Fsp3) is 0.231. The summed E-state index contributed by atoms with van der Waals surface area (Å²) in [5.41, 5.74) is 0.840. The van der Waals surface area contributed by atoms with Gasteiger partial charge in [0.25, 0.3) is 0 Å². The van der Waals surface area contributed by atoms with Crippen LogP contribution in [-0.4, -0.2) is 25.5 Å². The van der Waals surface area contributed by atoms with E-state index in [0.29, 0.717) is 11.0 Å². The third-order valence-corrected chi connectivity index (χ3v) is 6.96. The number of aromatic hydroxyl groups is 1. The summed E-state index contributed by atoms with van der Waals surface area (Å²) < 4.78 is 39.3. The molecular formula is C26H25NO7S. The van der Waals surface area contributed by atoms with Gasteiger partial charge in [-0.2, -0.15) is 4.72 Å². The molecule has 0 aliphatic rings. The zero-order valence-corrected chi connectivity index (χ0v) is 20.3. The van der Waals surface area contributed by atoms with Crippen molar-refractivity contribution in [2.75, 3.05) is 0 Å². The second-order valence-electron chi connectivity index (χ2n) is 8.78. The minimum atomic E-state index is -3.99. The Bertz CT molecular complexity index is 1570. The number of phenolic OH excluding ortho intramolecular Hbond substituents is 1. The van der Waals surface area contributed by atoms with Gasteiger partial charge in [-0.1, -0.05) is 43.7 Å². The highest BCUT2D eigenvalue weighted by molar-refractivity contribution is 7.89. The van der Waals surface area contributed by atoms with Crippen molar-refractivity contribution in [3.8, 4) is 11.5 Å². The second kappa shape index (κ2) is 9.52. The molecule has 0 radical (unpaired) electrons. The molecule has 0 bridgehead atoms. The Morgan fingerprint density at radius 1 is 1.06 bits per heavy atom. The maximum absolute atomic E-state index is 13.0. The molecule has 1 heterocycles. The number of rotatable bonds is 7. The lowest BCUT2D eigenvalue weighted by Crippen LogP contribution is -2.43. The summed E-state index contributed by atoms with van der Waals surface area (Å²) in [6, 6.07) is 14.1. The first kappa shape index (κ1) is 24.4. The van der Waals surface area contributed by atoms with Crippen LogP contribution in [0.1, 0.15) is 25.8 Å². The molecule has 0 fully saturated rings. The number of hydrogen-bond donors (Lipinski definition) is 2. The molecule has 0 amide bonds. The summed E-state index contributed by atoms with van der Waals surface area (Å²) in [7, 11) is -3.99. The van der Waals surface area contributed by atoms with E-state index in [1.165, 1.54) is 18.2 Å². The highest BCUT2D eigenvalue weighted by Crippen LogP contribution is 2.31. The first-order chi connectivity index (χ1) is 16.5. The lowest BCUT2D eigenvalue weighted by molar-refractivity contribution is -0.136. The van der Waals surface area contributed by atoms with Crippen LogP contribution >= 0.6 is 0 Å². The lowest BCUT2D eigenvalue weighted by atomic mass is 10.0. The van der Waals surface area contributed by atoms with Gasteiger partial charge in [-0.15, -0.1) is 0 Å². The molecule has 2 N–H and O–H groups in total. The standard InChI is InChI=1S/C26H25NO7S/c1-15(2)12-20(27-35(31,32)18-10-8-16(3)9-11-18)26(30)33-17-13-21(28)24-23(14-17)34-22-7-5-4-6-19(22)25(24)29/h4-11,13-15,20,27-28H,12H2,1-3H3/t20-/m1/s1. The smallest absolute Gasteiger partial charge is 0.329 e. The largest absolute Gasteiger partial charge is 0.507 e. The number of aryl methyl sites for hydroxylation is 1. The molecule has 35 heavy (non-hydrogen) atoms. The SMILES string of the molecule is Cc1ccc(S(=O)(=O)N[C@H](CC(C)C)C(=O)Oc2cc(O)c3c(=O)c4ccccc4oc3c2)cc1. The molecule has 9 heteroatoms. The zero-order chi connectivity index (χ0) is 25.3. The van der Waals surface area contributed by atoms with E-state index in [2.05, 4.69) is 4.72 Å². The van der Waals surface area contributed by atoms with Crippen molar-refractivity contribution in [3.05, 3.63) is 76.5 Å². The zero-order valence-electron chi connectivity index (χ0n) is 19.4. The summed E-state index contributed by atoms with van der Waals surface area (Å²) in [5.74, 6) is -1.37. The summed E-state index contributed by atoms with van der Waals surface area (Å²) in [5, 5.41) is 10.8. The van der Waals surface area contributed by atoms with Crippen molar-refractivity contribution in [2.45, 2.75) is 38.1 Å². The van der Waals surface area contributed by atoms with Crippen LogP contribution in [0.2, 0.25) is 0 Å². The number of para-hydroxylation sites is 1. The van der Waals surface area contributed by atoms with E-state index < -0.39 is 33.2 Å². The van der Waals surface area contributed by atoms with Crippen LogP contribution in [0, 0.1) is 12.8 Å². The van der Waals surface area contributed by atoms with E-state index in [1.54, 1.807) is 36.4 Å². The molecule has 0 saturated heterocycles. The summed E-state index contributed by atoms with van der Waals surface area (Å²) in [6.45, 7) is 5.54. The highest BCUT2D eigenvalue weighted by atomic mass is 32.2. The Labute approximate surface area is 202 Å². The Hall–Kier alpha value is -3.69. The van der Waals surface area contributed by atoms with E-state index >= 15 is 0 Å². The summed E-state index contributed by atoms with van der Waals surface area (Å²) in [6.07, 6.45) is 0.184. The average Bonchev–Trinajstić information content (AvgIpc) is 2.78. The number of ether oxygens (including phenoxy) is 1. The van der Waals surface area contributed by atoms with E-state index in [4.69, 9.17) is 9.15 Å². The van der Waals surface area contributed by atoms with Gasteiger partial charge in [0.1, 0.15) is 34.1 Å². The molecule has 0 spiro atoms. The van der Waals surface area contributed by atoms with Crippen molar-refractivity contribution >= 4 is 37.9 Å². The number of phenols is 1. The molecule has 1 atom stereocenters. The van der Waals surface area contributed by atoms with Crippen molar-refractivity contribution in [3.63, 3.8) is 0 Å². The van der Waals surface area contributed by atoms with Crippen LogP contribution in [0.3, 0.4) is 0 Å². The molecule has 4 rings (SSSR count). The minimum Gasteiger partial charge on any atom is -0.507 e. The van der Waals surface area contributed by atoms with E-state index in [-0.39, 0.29) is 34.0 Å². The highest BCUT2D eigenvalue weighted by Gasteiger charge is 2.28. The number of hydrogen-bond acceptors (Lipinski definition) is 7. The molecule has 0 unspecified atom stereocenters. The summed E-state index contributed by atoms with van der Waals surface area (Å²) in [4.78, 5) is 25.8. The van der Waals surface area contributed by atoms with Crippen LogP contribution in [0.15, 0.2) is 74.8 Å². The van der Waals surface area contributed by atoms with Gasteiger partial charge in [0.2, 0.25) is 15.5 Å². The van der Waals surface area contributed by atoms with Gasteiger partial charge in [0.05, 0.1) is 10.3 Å². The van der Waals surface area contributed by atoms with Crippen LogP contribution < -0.4 is 14.9 Å². The Kier molecular flexibility index (Phi) is 6.64. The van der Waals surface area contributed by atoms with Crippen LogP contribution in [0.25, 0.3) is 21.9 Å². The lowest BCUT2D eigenvalue weighted by Gasteiger charge is -2.19. The first-order valence-electron chi connectivity index (χ1n) is 11.0. The van der Waals surface area contributed by atoms with Gasteiger partial charge >= 0.3 is 5.97 Å². The molecule has 3 aromatic carbocycles. The number of nitrogens with one attached hydrogen (secondary N) is 1. The predicted molar refractivity (Wildman–Crippen MR) is 132 cm³/mol. The van der Waals surface area contributed by atoms with Gasteiger partial charge in [0.15, 0.2) is 0 Å². The molecule has 0 saturated carbocycles. The van der Waals surface area contributed by atoms with E-state index in [0.717, 1.165) is 11.6 Å². The fourth-order valence-corrected chi connectivity index (χ4v) is 4.96. The fourth-order valence-electron chi connectivity index (χ4n) is 3.76. The molecule has 4 aromatic rings. The van der Waals surface area contributed by atoms with Gasteiger partial charge < -0.3 is 14.3 Å². The molecule has 1 aromatic heterocycles. The maximum Gasteiger partial charge on any atom is 0.329 e. The number of fused-ring (bicyclic) bond motifs is 2. The van der Waals surface area contributed by atoms with Crippen molar-refractivity contribution in [1.82, 2.24) is 4.72 Å². The van der Waals surface area contributed by atoms with Gasteiger partial charge in [-0.3, -0.25) is 4.79 Å². The van der Waals surface area contributed by atoms with Crippen molar-refractivity contribution < 1.29 is 27.5 Å². The third-order valence-electron chi connectivity index (χ3n) is 5.47. The number of esters is 1. The number of carbonyl (C=O) groups excluding carboxylic acids is 1. The molecular weight excluding hydrogens is 470 g/mol. The summed E-state index contributed by atoms with van der Waals surface area (Å²) >= 11 is 0. The van der Waals surface area contributed by atoms with Gasteiger partial charge in [-0.05, 0) is 43.5 Å². The first-order valence-corrected chi connectivity index (χ1v) is 12.5. The monoisotopic (exact) mass is 495 g/mol. The average molecular weight is 496 g/mol. The Morgan fingerprint density at radius 3 is 2.43 bits per heavy atom. The maximum atomic E-state index is 13.0. The van der Waals surface area contributed by atoms with Crippen LogP contribution in [-0.2, 0) is 14.8 Å². The number of carbonyl (C=O) groups is 1. The van der Waals surface area contributed by atoms with Crippen LogP contribution in [0.4, 0.5) is 0 Å². The minimum absolute atomic E-state index is 0.0253. The Morgan fingerprint density at radius 2 is 1.74 bits per heavy atom. The topological polar surface area (TPSA) is 123 Å². The molecule has 0 aliphatic carbocycles. The molecule has 182 valence electrons. The van der Waals surface area contributed by atoms with Gasteiger partial charge in [0, 0.05) is 12.1 Å².